The summed E-state index contributed by atoms with van der Waals surface area (Å²) in [7, 11) is 3.99. The average molecular weight is 212 g/mol. The number of fused-ring (bicyclic) bond motifs is 1. The van der Waals surface area contributed by atoms with Gasteiger partial charge in [0.15, 0.2) is 0 Å². The first-order valence-electron chi connectivity index (χ1n) is 4.91. The van der Waals surface area contributed by atoms with E-state index < -0.39 is 0 Å². The number of aromatic nitrogens is 2. The van der Waals surface area contributed by atoms with Gasteiger partial charge in [-0.1, -0.05) is 0 Å². The van der Waals surface area contributed by atoms with Crippen molar-refractivity contribution in [3.63, 3.8) is 0 Å². The number of aryl methyl sites for hydroxylation is 1. The van der Waals surface area contributed by atoms with E-state index in [1.54, 1.807) is 0 Å². The van der Waals surface area contributed by atoms with Gasteiger partial charge in [0.05, 0.1) is 5.69 Å². The molecule has 0 saturated carbocycles. The van der Waals surface area contributed by atoms with Gasteiger partial charge in [-0.05, 0) is 37.3 Å². The van der Waals surface area contributed by atoms with Gasteiger partial charge in [-0.15, -0.1) is 0 Å². The molecule has 0 atom stereocenters. The number of nitrogens with zero attached hydrogens (tertiary/aromatic N) is 3. The maximum atomic E-state index is 5.88. The Morgan fingerprint density at radius 1 is 1.14 bits per heavy atom. The van der Waals surface area contributed by atoms with Crippen molar-refractivity contribution in [2.45, 2.75) is 25.7 Å². The van der Waals surface area contributed by atoms with Gasteiger partial charge in [0.25, 0.3) is 0 Å². The third-order valence-corrected chi connectivity index (χ3v) is 2.73. The van der Waals surface area contributed by atoms with Gasteiger partial charge in [-0.3, -0.25) is 0 Å². The highest BCUT2D eigenvalue weighted by molar-refractivity contribution is 6.28. The van der Waals surface area contributed by atoms with Gasteiger partial charge >= 0.3 is 0 Å². The molecule has 0 aromatic carbocycles. The van der Waals surface area contributed by atoms with Crippen LogP contribution >= 0.6 is 11.6 Å². The summed E-state index contributed by atoms with van der Waals surface area (Å²) in [6.45, 7) is 0. The van der Waals surface area contributed by atoms with E-state index in [4.69, 9.17) is 11.6 Å². The van der Waals surface area contributed by atoms with Crippen molar-refractivity contribution in [2.24, 2.45) is 0 Å². The van der Waals surface area contributed by atoms with Crippen molar-refractivity contribution < 1.29 is 0 Å². The molecule has 1 heterocycles. The van der Waals surface area contributed by atoms with Crippen LogP contribution in [0.5, 0.6) is 0 Å². The Hall–Kier alpha value is -0.830. The molecule has 2 rings (SSSR count). The predicted octanol–water partition coefficient (Wildman–Crippen LogP) is 2.07. The molecule has 76 valence electrons. The molecule has 4 heteroatoms. The standard InChI is InChI=1S/C10H14ClN3/c1-14(2)9-7-5-3-4-6-8(7)12-10(11)13-9/h3-6H2,1-2H3. The molecule has 0 radical (unpaired) electrons. The largest absolute Gasteiger partial charge is 0.362 e. The average Bonchev–Trinajstić information content (AvgIpc) is 2.16. The van der Waals surface area contributed by atoms with E-state index in [-0.39, 0.29) is 0 Å². The molecule has 1 aromatic rings. The first kappa shape index (κ1) is 9.71. The van der Waals surface area contributed by atoms with Crippen molar-refractivity contribution in [3.8, 4) is 0 Å². The monoisotopic (exact) mass is 211 g/mol. The van der Waals surface area contributed by atoms with Crippen LogP contribution in [0.2, 0.25) is 5.28 Å². The van der Waals surface area contributed by atoms with Crippen molar-refractivity contribution in [2.75, 3.05) is 19.0 Å². The lowest BCUT2D eigenvalue weighted by atomic mass is 9.96. The van der Waals surface area contributed by atoms with Crippen LogP contribution in [0.4, 0.5) is 5.82 Å². The molecule has 0 aliphatic heterocycles. The van der Waals surface area contributed by atoms with E-state index in [1.807, 2.05) is 19.0 Å². The molecular formula is C10H14ClN3. The fraction of sp³-hybridized carbons (Fsp3) is 0.600. The fourth-order valence-corrected chi connectivity index (χ4v) is 2.10. The van der Waals surface area contributed by atoms with E-state index in [2.05, 4.69) is 9.97 Å². The van der Waals surface area contributed by atoms with Gasteiger partial charge in [0, 0.05) is 19.7 Å². The van der Waals surface area contributed by atoms with Crippen LogP contribution in [0.15, 0.2) is 0 Å². The lowest BCUT2D eigenvalue weighted by Crippen LogP contribution is -2.18. The van der Waals surface area contributed by atoms with Crippen LogP contribution < -0.4 is 4.90 Å². The molecule has 0 saturated heterocycles. The smallest absolute Gasteiger partial charge is 0.224 e. The minimum Gasteiger partial charge on any atom is -0.362 e. The Morgan fingerprint density at radius 3 is 2.57 bits per heavy atom. The van der Waals surface area contributed by atoms with Crippen molar-refractivity contribution in [1.29, 1.82) is 0 Å². The summed E-state index contributed by atoms with van der Waals surface area (Å²) < 4.78 is 0. The summed E-state index contributed by atoms with van der Waals surface area (Å²) in [5.74, 6) is 0.986. The molecule has 0 N–H and O–H groups in total. The third kappa shape index (κ3) is 1.69. The SMILES string of the molecule is CN(C)c1nc(Cl)nc2c1CCCC2. The second kappa shape index (κ2) is 3.73. The van der Waals surface area contributed by atoms with Crippen molar-refractivity contribution in [3.05, 3.63) is 16.5 Å². The molecule has 0 bridgehead atoms. The summed E-state index contributed by atoms with van der Waals surface area (Å²) in [4.78, 5) is 10.6. The van der Waals surface area contributed by atoms with Gasteiger partial charge in [-0.2, -0.15) is 0 Å². The summed E-state index contributed by atoms with van der Waals surface area (Å²) in [5.41, 5.74) is 2.42. The van der Waals surface area contributed by atoms with E-state index in [0.29, 0.717) is 5.28 Å². The molecule has 3 nitrogen and oxygen atoms in total. The zero-order chi connectivity index (χ0) is 10.1. The molecule has 1 aliphatic rings. The van der Waals surface area contributed by atoms with Crippen LogP contribution in [0.25, 0.3) is 0 Å². The molecule has 14 heavy (non-hydrogen) atoms. The van der Waals surface area contributed by atoms with E-state index in [1.165, 1.54) is 18.4 Å². The van der Waals surface area contributed by atoms with Gasteiger partial charge in [-0.25, -0.2) is 9.97 Å². The second-order valence-corrected chi connectivity index (χ2v) is 4.18. The predicted molar refractivity (Wildman–Crippen MR) is 58.0 cm³/mol. The molecular weight excluding hydrogens is 198 g/mol. The van der Waals surface area contributed by atoms with Crippen molar-refractivity contribution >= 4 is 17.4 Å². The number of halogens is 1. The first-order valence-corrected chi connectivity index (χ1v) is 5.29. The lowest BCUT2D eigenvalue weighted by Gasteiger charge is -2.21. The first-order chi connectivity index (χ1) is 6.68. The van der Waals surface area contributed by atoms with Crippen LogP contribution in [0, 0.1) is 0 Å². The Labute approximate surface area is 89.1 Å². The highest BCUT2D eigenvalue weighted by Gasteiger charge is 2.17. The van der Waals surface area contributed by atoms with Gasteiger partial charge in [0.2, 0.25) is 5.28 Å². The molecule has 0 amide bonds. The highest BCUT2D eigenvalue weighted by Crippen LogP contribution is 2.27. The number of hydrogen-bond acceptors (Lipinski definition) is 3. The summed E-state index contributed by atoms with van der Waals surface area (Å²) in [6.07, 6.45) is 4.57. The summed E-state index contributed by atoms with van der Waals surface area (Å²) in [5, 5.41) is 0.370. The molecule has 0 fully saturated rings. The number of anilines is 1. The summed E-state index contributed by atoms with van der Waals surface area (Å²) in [6, 6.07) is 0. The number of rotatable bonds is 1. The van der Waals surface area contributed by atoms with Crippen LogP contribution in [-0.4, -0.2) is 24.1 Å². The highest BCUT2D eigenvalue weighted by atomic mass is 35.5. The maximum absolute atomic E-state index is 5.88. The minimum atomic E-state index is 0.370. The van der Waals surface area contributed by atoms with Gasteiger partial charge in [0.1, 0.15) is 5.82 Å². The normalized spacial score (nSPS) is 15.1. The summed E-state index contributed by atoms with van der Waals surface area (Å²) >= 11 is 5.88. The third-order valence-electron chi connectivity index (χ3n) is 2.56. The van der Waals surface area contributed by atoms with E-state index in [9.17, 15) is 0 Å². The van der Waals surface area contributed by atoms with Crippen LogP contribution in [-0.2, 0) is 12.8 Å². The number of hydrogen-bond donors (Lipinski definition) is 0. The van der Waals surface area contributed by atoms with E-state index in [0.717, 1.165) is 24.4 Å². The Kier molecular flexibility index (Phi) is 2.59. The van der Waals surface area contributed by atoms with Crippen molar-refractivity contribution in [1.82, 2.24) is 9.97 Å². The van der Waals surface area contributed by atoms with Gasteiger partial charge < -0.3 is 4.90 Å². The van der Waals surface area contributed by atoms with Crippen LogP contribution in [0.1, 0.15) is 24.1 Å². The molecule has 0 unspecified atom stereocenters. The Bertz CT molecular complexity index is 349. The van der Waals surface area contributed by atoms with Crippen LogP contribution in [0.3, 0.4) is 0 Å². The lowest BCUT2D eigenvalue weighted by molar-refractivity contribution is 0.661. The minimum absolute atomic E-state index is 0.370. The fourth-order valence-electron chi connectivity index (χ4n) is 1.91. The zero-order valence-corrected chi connectivity index (χ0v) is 9.30. The quantitative estimate of drug-likeness (QED) is 0.666. The van der Waals surface area contributed by atoms with E-state index >= 15 is 0 Å². The Morgan fingerprint density at radius 2 is 1.86 bits per heavy atom. The second-order valence-electron chi connectivity index (χ2n) is 3.84. The topological polar surface area (TPSA) is 29.0 Å². The molecule has 0 spiro atoms. The maximum Gasteiger partial charge on any atom is 0.224 e. The molecule has 1 aromatic heterocycles. The zero-order valence-electron chi connectivity index (χ0n) is 8.55. The Balaban J connectivity index is 2.52. The molecule has 1 aliphatic carbocycles.